The van der Waals surface area contributed by atoms with Gasteiger partial charge in [0.25, 0.3) is 0 Å². The fourth-order valence-corrected chi connectivity index (χ4v) is 3.56. The Morgan fingerprint density at radius 1 is 1.24 bits per heavy atom. The Balaban J connectivity index is 1.80. The minimum Gasteiger partial charge on any atom is -0.271 e. The number of thiophene rings is 1. The average Bonchev–Trinajstić information content (AvgIpc) is 3.15. The zero-order chi connectivity index (χ0) is 14.7. The zero-order valence-corrected chi connectivity index (χ0v) is 13.5. The molecule has 2 heterocycles. The van der Waals surface area contributed by atoms with Gasteiger partial charge in [-0.15, -0.1) is 11.3 Å². The van der Waals surface area contributed by atoms with Crippen molar-refractivity contribution in [3.63, 3.8) is 0 Å². The summed E-state index contributed by atoms with van der Waals surface area (Å²) in [5, 5.41) is 8.82. The van der Waals surface area contributed by atoms with Gasteiger partial charge < -0.3 is 0 Å². The van der Waals surface area contributed by atoms with Crippen LogP contribution in [-0.4, -0.2) is 15.0 Å². The van der Waals surface area contributed by atoms with Crippen LogP contribution in [0.4, 0.5) is 0 Å². The highest BCUT2D eigenvalue weighted by molar-refractivity contribution is 9.11. The summed E-state index contributed by atoms with van der Waals surface area (Å²) in [5.41, 5.74) is 4.57. The van der Waals surface area contributed by atoms with Crippen molar-refractivity contribution in [2.45, 2.75) is 12.5 Å². The van der Waals surface area contributed by atoms with Crippen LogP contribution in [0.15, 0.2) is 52.4 Å². The summed E-state index contributed by atoms with van der Waals surface area (Å²) in [6.45, 7) is 0. The van der Waals surface area contributed by atoms with Crippen molar-refractivity contribution in [3.05, 3.63) is 63.0 Å². The molecule has 0 bridgehead atoms. The molecule has 0 saturated heterocycles. The van der Waals surface area contributed by atoms with Gasteiger partial charge in [-0.25, -0.2) is 0 Å². The molecule has 0 spiro atoms. The van der Waals surface area contributed by atoms with Crippen LogP contribution in [0.2, 0.25) is 0 Å². The number of nitrogens with one attached hydrogen (secondary N) is 1. The summed E-state index contributed by atoms with van der Waals surface area (Å²) in [5.74, 6) is 5.67. The van der Waals surface area contributed by atoms with Crippen molar-refractivity contribution in [2.24, 2.45) is 5.84 Å². The van der Waals surface area contributed by atoms with Gasteiger partial charge in [-0.1, -0.05) is 18.2 Å². The summed E-state index contributed by atoms with van der Waals surface area (Å²) in [4.78, 5) is 2.85. The fraction of sp³-hybridized carbons (Fsp3) is 0.143. The molecule has 7 heteroatoms. The predicted molar refractivity (Wildman–Crippen MR) is 87.1 cm³/mol. The molecule has 0 aliphatic carbocycles. The third-order valence-electron chi connectivity index (χ3n) is 3.09. The molecular weight excluding hydrogens is 350 g/mol. The highest BCUT2D eigenvalue weighted by Crippen LogP contribution is 2.26. The van der Waals surface area contributed by atoms with E-state index in [-0.39, 0.29) is 6.04 Å². The molecule has 5 nitrogen and oxygen atoms in total. The van der Waals surface area contributed by atoms with Crippen molar-refractivity contribution >= 4 is 27.3 Å². The van der Waals surface area contributed by atoms with Crippen LogP contribution in [0.25, 0.3) is 5.69 Å². The lowest BCUT2D eigenvalue weighted by molar-refractivity contribution is 0.536. The lowest BCUT2D eigenvalue weighted by Gasteiger charge is -2.11. The Kier molecular flexibility index (Phi) is 4.45. The second kappa shape index (κ2) is 6.48. The Morgan fingerprint density at radius 2 is 2.05 bits per heavy atom. The molecule has 2 aromatic heterocycles. The maximum absolute atomic E-state index is 5.67. The molecule has 0 amide bonds. The molecule has 0 aliphatic heterocycles. The molecule has 0 fully saturated rings. The van der Waals surface area contributed by atoms with Crippen LogP contribution in [0.5, 0.6) is 0 Å². The summed E-state index contributed by atoms with van der Waals surface area (Å²) < 4.78 is 1.11. The van der Waals surface area contributed by atoms with Gasteiger partial charge >= 0.3 is 0 Å². The average molecular weight is 364 g/mol. The zero-order valence-electron chi connectivity index (χ0n) is 11.1. The molecule has 0 saturated carbocycles. The maximum Gasteiger partial charge on any atom is 0.102 e. The summed E-state index contributed by atoms with van der Waals surface area (Å²) in [6, 6.07) is 13.9. The summed E-state index contributed by atoms with van der Waals surface area (Å²) in [6.07, 6.45) is 2.53. The summed E-state index contributed by atoms with van der Waals surface area (Å²) in [7, 11) is 0. The first kappa shape index (κ1) is 14.4. The number of hydrogen-bond donors (Lipinski definition) is 2. The maximum atomic E-state index is 5.67. The minimum absolute atomic E-state index is 0.0620. The van der Waals surface area contributed by atoms with E-state index in [1.807, 2.05) is 36.4 Å². The molecule has 0 aliphatic rings. The Bertz CT molecular complexity index is 709. The van der Waals surface area contributed by atoms with Crippen LogP contribution < -0.4 is 11.3 Å². The van der Waals surface area contributed by atoms with E-state index in [4.69, 9.17) is 5.84 Å². The highest BCUT2D eigenvalue weighted by Gasteiger charge is 2.16. The Morgan fingerprint density at radius 3 is 2.71 bits per heavy atom. The molecule has 21 heavy (non-hydrogen) atoms. The lowest BCUT2D eigenvalue weighted by atomic mass is 10.1. The van der Waals surface area contributed by atoms with E-state index >= 15 is 0 Å². The van der Waals surface area contributed by atoms with Crippen molar-refractivity contribution < 1.29 is 0 Å². The van der Waals surface area contributed by atoms with Gasteiger partial charge in [-0.3, -0.25) is 11.3 Å². The van der Waals surface area contributed by atoms with Gasteiger partial charge in [0.05, 0.1) is 21.7 Å². The number of hydrogen-bond acceptors (Lipinski definition) is 5. The van der Waals surface area contributed by atoms with E-state index in [0.29, 0.717) is 0 Å². The molecule has 108 valence electrons. The quantitative estimate of drug-likeness (QED) is 0.540. The molecular formula is C14H14BrN5S. The number of hydrazine groups is 1. The van der Waals surface area contributed by atoms with E-state index in [1.165, 1.54) is 4.88 Å². The monoisotopic (exact) mass is 363 g/mol. The standard InChI is InChI=1S/C14H14BrN5S/c15-14-7-6-11(21-14)8-12(18-16)13-9-17-20(19-13)10-4-2-1-3-5-10/h1-7,9,12,18H,8,16H2. The smallest absolute Gasteiger partial charge is 0.102 e. The van der Waals surface area contributed by atoms with Crippen molar-refractivity contribution in [1.29, 1.82) is 0 Å². The third-order valence-corrected chi connectivity index (χ3v) is 4.74. The number of rotatable bonds is 5. The van der Waals surface area contributed by atoms with Gasteiger partial charge in [0.15, 0.2) is 0 Å². The highest BCUT2D eigenvalue weighted by atomic mass is 79.9. The Labute approximate surface area is 134 Å². The van der Waals surface area contributed by atoms with E-state index in [0.717, 1.165) is 21.6 Å². The van der Waals surface area contributed by atoms with Gasteiger partial charge in [0.2, 0.25) is 0 Å². The van der Waals surface area contributed by atoms with Gasteiger partial charge in [0, 0.05) is 11.3 Å². The fourth-order valence-electron chi connectivity index (χ4n) is 2.03. The van der Waals surface area contributed by atoms with Crippen molar-refractivity contribution in [1.82, 2.24) is 20.4 Å². The number of benzene rings is 1. The SMILES string of the molecule is NNC(Cc1ccc(Br)s1)c1cnn(-c2ccccc2)n1. The van der Waals surface area contributed by atoms with Crippen LogP contribution in [0.1, 0.15) is 16.6 Å². The molecule has 3 rings (SSSR count). The second-order valence-electron chi connectivity index (χ2n) is 4.52. The van der Waals surface area contributed by atoms with Crippen molar-refractivity contribution in [2.75, 3.05) is 0 Å². The van der Waals surface area contributed by atoms with Gasteiger partial charge in [-0.05, 0) is 40.2 Å². The lowest BCUT2D eigenvalue weighted by Crippen LogP contribution is -2.29. The second-order valence-corrected chi connectivity index (χ2v) is 7.07. The number of nitrogens with two attached hydrogens (primary N) is 1. The first-order chi connectivity index (χ1) is 10.3. The van der Waals surface area contributed by atoms with E-state index in [1.54, 1.807) is 22.3 Å². The topological polar surface area (TPSA) is 68.8 Å². The number of halogens is 1. The predicted octanol–water partition coefficient (Wildman–Crippen LogP) is 2.84. The first-order valence-corrected chi connectivity index (χ1v) is 8.05. The molecule has 0 radical (unpaired) electrons. The van der Waals surface area contributed by atoms with E-state index < -0.39 is 0 Å². The van der Waals surface area contributed by atoms with Crippen LogP contribution in [0, 0.1) is 0 Å². The van der Waals surface area contributed by atoms with Gasteiger partial charge in [-0.2, -0.15) is 15.0 Å². The molecule has 1 atom stereocenters. The third kappa shape index (κ3) is 3.38. The first-order valence-electron chi connectivity index (χ1n) is 6.44. The van der Waals surface area contributed by atoms with E-state index in [9.17, 15) is 0 Å². The van der Waals surface area contributed by atoms with Gasteiger partial charge in [0.1, 0.15) is 5.69 Å². The van der Waals surface area contributed by atoms with Crippen LogP contribution in [-0.2, 0) is 6.42 Å². The van der Waals surface area contributed by atoms with Crippen LogP contribution >= 0.6 is 27.3 Å². The molecule has 3 aromatic rings. The summed E-state index contributed by atoms with van der Waals surface area (Å²) >= 11 is 5.17. The Hall–Kier alpha value is -1.54. The largest absolute Gasteiger partial charge is 0.271 e. The molecule has 1 aromatic carbocycles. The number of aromatic nitrogens is 3. The normalized spacial score (nSPS) is 12.5. The van der Waals surface area contributed by atoms with Crippen LogP contribution in [0.3, 0.4) is 0 Å². The minimum atomic E-state index is -0.0620. The molecule has 3 N–H and O–H groups in total. The van der Waals surface area contributed by atoms with E-state index in [2.05, 4.69) is 37.6 Å². The molecule has 1 unspecified atom stereocenters. The number of para-hydroxylation sites is 1. The van der Waals surface area contributed by atoms with Crippen molar-refractivity contribution in [3.8, 4) is 5.69 Å². The number of nitrogens with zero attached hydrogens (tertiary/aromatic N) is 3.